The summed E-state index contributed by atoms with van der Waals surface area (Å²) < 4.78 is 18.1. The van der Waals surface area contributed by atoms with Crippen LogP contribution in [0.2, 0.25) is 5.02 Å². The number of carboxylic acid groups (broad SMARTS) is 1. The Morgan fingerprint density at radius 1 is 1.36 bits per heavy atom. The van der Waals surface area contributed by atoms with Gasteiger partial charge in [0.15, 0.2) is 12.2 Å². The molecule has 0 bridgehead atoms. The van der Waals surface area contributed by atoms with E-state index in [1.54, 1.807) is 0 Å². The Bertz CT molecular complexity index is 587. The van der Waals surface area contributed by atoms with Gasteiger partial charge >= 0.3 is 5.97 Å². The highest BCUT2D eigenvalue weighted by atomic mass is 35.5. The lowest BCUT2D eigenvalue weighted by molar-refractivity contribution is -0.165. The van der Waals surface area contributed by atoms with Crippen molar-refractivity contribution in [3.63, 3.8) is 0 Å². The number of hydrogen-bond donors (Lipinski definition) is 2. The van der Waals surface area contributed by atoms with Gasteiger partial charge in [-0.2, -0.15) is 0 Å². The fraction of sp³-hybridized carbons (Fsp3) is 0.429. The fourth-order valence-electron chi connectivity index (χ4n) is 2.16. The average Bonchev–Trinajstić information content (AvgIpc) is 2.46. The molecular weight excluding hydrogens is 317 g/mol. The minimum atomic E-state index is -1.78. The molecule has 0 radical (unpaired) electrons. The van der Waals surface area contributed by atoms with Crippen molar-refractivity contribution >= 4 is 23.5 Å². The van der Waals surface area contributed by atoms with Crippen LogP contribution in [0.4, 0.5) is 4.39 Å². The van der Waals surface area contributed by atoms with E-state index in [9.17, 15) is 19.1 Å². The summed E-state index contributed by atoms with van der Waals surface area (Å²) in [5.74, 6) is -1.95. The van der Waals surface area contributed by atoms with E-state index < -0.39 is 17.4 Å². The van der Waals surface area contributed by atoms with Crippen LogP contribution in [-0.2, 0) is 9.59 Å². The number of amides is 1. The Morgan fingerprint density at radius 3 is 2.55 bits per heavy atom. The highest BCUT2D eigenvalue weighted by molar-refractivity contribution is 6.32. The summed E-state index contributed by atoms with van der Waals surface area (Å²) in [7, 11) is 0. The first-order valence-electron chi connectivity index (χ1n) is 6.63. The second kappa shape index (κ2) is 6.50. The number of hydrogen-bond acceptors (Lipinski definition) is 4. The molecule has 2 rings (SSSR count). The molecule has 0 unspecified atom stereocenters. The Morgan fingerprint density at radius 2 is 2.00 bits per heavy atom. The van der Waals surface area contributed by atoms with E-state index in [1.807, 2.05) is 0 Å². The van der Waals surface area contributed by atoms with Crippen molar-refractivity contribution in [1.29, 1.82) is 0 Å². The van der Waals surface area contributed by atoms with E-state index in [2.05, 4.69) is 0 Å². The molecule has 0 aromatic heterocycles. The largest absolute Gasteiger partial charge is 0.482 e. The molecule has 1 aromatic rings. The number of likely N-dealkylation sites (tertiary alicyclic amines) is 1. The topological polar surface area (TPSA) is 87.1 Å². The van der Waals surface area contributed by atoms with E-state index >= 15 is 0 Å². The molecule has 1 amide bonds. The molecule has 0 atom stereocenters. The van der Waals surface area contributed by atoms with E-state index in [1.165, 1.54) is 17.0 Å². The average molecular weight is 332 g/mol. The number of halogens is 2. The van der Waals surface area contributed by atoms with Crippen molar-refractivity contribution in [2.75, 3.05) is 19.7 Å². The van der Waals surface area contributed by atoms with Crippen LogP contribution in [0.5, 0.6) is 5.75 Å². The van der Waals surface area contributed by atoms with Crippen LogP contribution in [0, 0.1) is 5.82 Å². The van der Waals surface area contributed by atoms with Gasteiger partial charge in [-0.3, -0.25) is 4.79 Å². The molecule has 0 aliphatic carbocycles. The Balaban J connectivity index is 1.87. The Labute approximate surface area is 131 Å². The van der Waals surface area contributed by atoms with Crippen LogP contribution in [0.15, 0.2) is 18.2 Å². The predicted molar refractivity (Wildman–Crippen MR) is 75.3 cm³/mol. The number of benzene rings is 1. The molecule has 1 aliphatic rings. The first-order valence-corrected chi connectivity index (χ1v) is 7.01. The van der Waals surface area contributed by atoms with Crippen LogP contribution < -0.4 is 4.74 Å². The van der Waals surface area contributed by atoms with Gasteiger partial charge in [-0.25, -0.2) is 9.18 Å². The van der Waals surface area contributed by atoms with Gasteiger partial charge in [0, 0.05) is 25.9 Å². The molecule has 1 heterocycles. The zero-order valence-electron chi connectivity index (χ0n) is 11.6. The summed E-state index contributed by atoms with van der Waals surface area (Å²) in [6, 6.07) is 3.57. The lowest BCUT2D eigenvalue weighted by Crippen LogP contribution is -2.51. The monoisotopic (exact) mass is 331 g/mol. The fourth-order valence-corrected chi connectivity index (χ4v) is 2.38. The highest BCUT2D eigenvalue weighted by Crippen LogP contribution is 2.25. The van der Waals surface area contributed by atoms with Gasteiger partial charge in [0.2, 0.25) is 0 Å². The minimum absolute atomic E-state index is 0.0363. The highest BCUT2D eigenvalue weighted by Gasteiger charge is 2.40. The molecule has 0 saturated carbocycles. The van der Waals surface area contributed by atoms with Crippen molar-refractivity contribution in [2.45, 2.75) is 18.4 Å². The van der Waals surface area contributed by atoms with E-state index in [-0.39, 0.29) is 49.2 Å². The molecule has 6 nitrogen and oxygen atoms in total. The second-order valence-electron chi connectivity index (χ2n) is 5.08. The maximum atomic E-state index is 12.9. The van der Waals surface area contributed by atoms with Crippen molar-refractivity contribution in [3.8, 4) is 5.75 Å². The molecule has 22 heavy (non-hydrogen) atoms. The number of rotatable bonds is 4. The quantitative estimate of drug-likeness (QED) is 0.868. The summed E-state index contributed by atoms with van der Waals surface area (Å²) >= 11 is 5.78. The van der Waals surface area contributed by atoms with Gasteiger partial charge in [-0.15, -0.1) is 0 Å². The summed E-state index contributed by atoms with van der Waals surface area (Å²) in [5, 5.41) is 18.8. The SMILES string of the molecule is O=C(COc1ccc(F)cc1Cl)N1CCC(O)(C(=O)O)CC1. The number of piperidine rings is 1. The summed E-state index contributed by atoms with van der Waals surface area (Å²) in [6.45, 7) is -0.0405. The van der Waals surface area contributed by atoms with Gasteiger partial charge in [0.05, 0.1) is 5.02 Å². The standard InChI is InChI=1S/C14H15ClFNO5/c15-10-7-9(16)1-2-11(10)22-8-12(18)17-5-3-14(21,4-6-17)13(19)20/h1-2,7,21H,3-6,8H2,(H,19,20). The molecule has 1 saturated heterocycles. The number of nitrogens with zero attached hydrogens (tertiary/aromatic N) is 1. The van der Waals surface area contributed by atoms with Crippen LogP contribution in [0.25, 0.3) is 0 Å². The Kier molecular flexibility index (Phi) is 4.87. The van der Waals surface area contributed by atoms with Crippen LogP contribution in [-0.4, -0.2) is 52.3 Å². The second-order valence-corrected chi connectivity index (χ2v) is 5.49. The van der Waals surface area contributed by atoms with Gasteiger partial charge in [0.25, 0.3) is 5.91 Å². The number of aliphatic hydroxyl groups is 1. The van der Waals surface area contributed by atoms with E-state index in [4.69, 9.17) is 21.4 Å². The smallest absolute Gasteiger partial charge is 0.335 e. The zero-order chi connectivity index (χ0) is 16.3. The molecule has 0 spiro atoms. The number of carboxylic acids is 1. The van der Waals surface area contributed by atoms with Crippen LogP contribution in [0.3, 0.4) is 0 Å². The maximum absolute atomic E-state index is 12.9. The number of ether oxygens (including phenoxy) is 1. The third-order valence-electron chi connectivity index (χ3n) is 3.59. The molecular formula is C14H15ClFNO5. The molecule has 1 fully saturated rings. The van der Waals surface area contributed by atoms with Gasteiger partial charge in [-0.1, -0.05) is 11.6 Å². The van der Waals surface area contributed by atoms with Crippen molar-refractivity contribution < 1.29 is 28.9 Å². The first-order chi connectivity index (χ1) is 10.3. The van der Waals surface area contributed by atoms with E-state index in [0.717, 1.165) is 6.07 Å². The zero-order valence-corrected chi connectivity index (χ0v) is 12.3. The molecule has 1 aromatic carbocycles. The molecule has 2 N–H and O–H groups in total. The molecule has 120 valence electrons. The molecule has 8 heteroatoms. The first kappa shape index (κ1) is 16.5. The van der Waals surface area contributed by atoms with Crippen LogP contribution >= 0.6 is 11.6 Å². The summed E-state index contributed by atoms with van der Waals surface area (Å²) in [4.78, 5) is 24.3. The third kappa shape index (κ3) is 3.66. The summed E-state index contributed by atoms with van der Waals surface area (Å²) in [5.41, 5.74) is -1.78. The lowest BCUT2D eigenvalue weighted by atomic mass is 9.92. The predicted octanol–water partition coefficient (Wildman–Crippen LogP) is 1.30. The minimum Gasteiger partial charge on any atom is -0.482 e. The third-order valence-corrected chi connectivity index (χ3v) is 3.88. The summed E-state index contributed by atoms with van der Waals surface area (Å²) in [6.07, 6.45) is -0.0727. The van der Waals surface area contributed by atoms with Crippen LogP contribution in [0.1, 0.15) is 12.8 Å². The Hall–Kier alpha value is -1.86. The number of aliphatic carboxylic acids is 1. The van der Waals surface area contributed by atoms with Crippen molar-refractivity contribution in [2.24, 2.45) is 0 Å². The number of carbonyl (C=O) groups is 2. The maximum Gasteiger partial charge on any atom is 0.335 e. The van der Waals surface area contributed by atoms with Crippen molar-refractivity contribution in [1.82, 2.24) is 4.90 Å². The molecule has 1 aliphatic heterocycles. The van der Waals surface area contributed by atoms with Crippen molar-refractivity contribution in [3.05, 3.63) is 29.0 Å². The normalized spacial score (nSPS) is 17.1. The number of carbonyl (C=O) groups excluding carboxylic acids is 1. The van der Waals surface area contributed by atoms with E-state index in [0.29, 0.717) is 0 Å². The lowest BCUT2D eigenvalue weighted by Gasteiger charge is -2.35. The van der Waals surface area contributed by atoms with Gasteiger partial charge < -0.3 is 19.8 Å². The van der Waals surface area contributed by atoms with Gasteiger partial charge in [0.1, 0.15) is 11.6 Å². The van der Waals surface area contributed by atoms with Gasteiger partial charge in [-0.05, 0) is 18.2 Å².